The monoisotopic (exact) mass is 338 g/mol. The summed E-state index contributed by atoms with van der Waals surface area (Å²) in [6.07, 6.45) is 1.91. The van der Waals surface area contributed by atoms with Crippen LogP contribution in [0, 0.1) is 23.1 Å². The molecule has 0 aromatic heterocycles. The summed E-state index contributed by atoms with van der Waals surface area (Å²) in [6, 6.07) is 14.8. The van der Waals surface area contributed by atoms with Crippen molar-refractivity contribution in [2.24, 2.45) is 5.92 Å². The lowest BCUT2D eigenvalue weighted by atomic mass is 9.98. The van der Waals surface area contributed by atoms with Crippen molar-refractivity contribution in [3.05, 3.63) is 65.5 Å². The van der Waals surface area contributed by atoms with E-state index in [2.05, 4.69) is 6.07 Å². The van der Waals surface area contributed by atoms with Crippen LogP contribution in [-0.4, -0.2) is 30.5 Å². The van der Waals surface area contributed by atoms with Crippen LogP contribution < -0.4 is 4.74 Å². The number of nitriles is 1. The maximum absolute atomic E-state index is 12.9. The Hall–Kier alpha value is -2.87. The highest BCUT2D eigenvalue weighted by molar-refractivity contribution is 5.94. The van der Waals surface area contributed by atoms with E-state index in [1.807, 2.05) is 4.90 Å². The first-order valence-electron chi connectivity index (χ1n) is 8.33. The number of benzene rings is 2. The smallest absolute Gasteiger partial charge is 0.253 e. The molecule has 1 heterocycles. The number of nitrogens with zero attached hydrogens (tertiary/aromatic N) is 2. The van der Waals surface area contributed by atoms with Gasteiger partial charge in [-0.2, -0.15) is 5.26 Å². The van der Waals surface area contributed by atoms with E-state index in [9.17, 15) is 9.18 Å². The van der Waals surface area contributed by atoms with Gasteiger partial charge < -0.3 is 9.64 Å². The summed E-state index contributed by atoms with van der Waals surface area (Å²) in [5.74, 6) is 0.526. The van der Waals surface area contributed by atoms with E-state index in [-0.39, 0.29) is 17.6 Å². The van der Waals surface area contributed by atoms with E-state index in [4.69, 9.17) is 10.00 Å². The van der Waals surface area contributed by atoms with Crippen LogP contribution in [0.2, 0.25) is 0 Å². The van der Waals surface area contributed by atoms with Crippen molar-refractivity contribution < 1.29 is 13.9 Å². The zero-order valence-corrected chi connectivity index (χ0v) is 13.8. The number of hydrogen-bond acceptors (Lipinski definition) is 3. The topological polar surface area (TPSA) is 53.3 Å². The molecule has 128 valence electrons. The fraction of sp³-hybridized carbons (Fsp3) is 0.300. The second-order valence-electron chi connectivity index (χ2n) is 6.22. The molecule has 1 aliphatic rings. The molecule has 1 unspecified atom stereocenters. The van der Waals surface area contributed by atoms with Gasteiger partial charge in [-0.05, 0) is 55.3 Å². The molecule has 1 atom stereocenters. The van der Waals surface area contributed by atoms with Crippen molar-refractivity contribution in [3.8, 4) is 11.8 Å². The molecule has 1 fully saturated rings. The predicted molar refractivity (Wildman–Crippen MR) is 91.7 cm³/mol. The molecule has 3 rings (SSSR count). The number of ether oxygens (including phenoxy) is 1. The summed E-state index contributed by atoms with van der Waals surface area (Å²) in [5, 5.41) is 8.98. The maximum atomic E-state index is 12.9. The number of likely N-dealkylation sites (tertiary alicyclic amines) is 1. The van der Waals surface area contributed by atoms with Gasteiger partial charge in [-0.3, -0.25) is 4.79 Å². The molecule has 2 aromatic carbocycles. The SMILES string of the molecule is N#Cc1cccc(C(=O)N2CCCC(COc3ccc(F)cc3)C2)c1. The van der Waals surface area contributed by atoms with E-state index in [0.717, 1.165) is 12.8 Å². The quantitative estimate of drug-likeness (QED) is 0.855. The zero-order chi connectivity index (χ0) is 17.6. The van der Waals surface area contributed by atoms with Crippen LogP contribution in [0.15, 0.2) is 48.5 Å². The number of carbonyl (C=O) groups is 1. The molecule has 1 saturated heterocycles. The second kappa shape index (κ2) is 7.80. The van der Waals surface area contributed by atoms with Gasteiger partial charge in [-0.25, -0.2) is 4.39 Å². The number of amides is 1. The van der Waals surface area contributed by atoms with E-state index < -0.39 is 0 Å². The summed E-state index contributed by atoms with van der Waals surface area (Å²) in [7, 11) is 0. The lowest BCUT2D eigenvalue weighted by Crippen LogP contribution is -2.41. The van der Waals surface area contributed by atoms with Crippen LogP contribution in [0.25, 0.3) is 0 Å². The summed E-state index contributed by atoms with van der Waals surface area (Å²) in [5.41, 5.74) is 1.03. The molecule has 4 nitrogen and oxygen atoms in total. The van der Waals surface area contributed by atoms with Gasteiger partial charge >= 0.3 is 0 Å². The standard InChI is InChI=1S/C20H19FN2O2/c21-18-6-8-19(9-7-18)25-14-16-4-2-10-23(13-16)20(24)17-5-1-3-15(11-17)12-22/h1,3,5-9,11,16H,2,4,10,13-14H2. The molecule has 0 radical (unpaired) electrons. The number of carbonyl (C=O) groups excluding carboxylic acids is 1. The largest absolute Gasteiger partial charge is 0.493 e. The molecule has 0 saturated carbocycles. The van der Waals surface area contributed by atoms with Crippen molar-refractivity contribution >= 4 is 5.91 Å². The number of piperidine rings is 1. The third kappa shape index (κ3) is 4.36. The molecule has 25 heavy (non-hydrogen) atoms. The molecule has 1 amide bonds. The fourth-order valence-electron chi connectivity index (χ4n) is 3.03. The summed E-state index contributed by atoms with van der Waals surface area (Å²) >= 11 is 0. The van der Waals surface area contributed by atoms with E-state index in [0.29, 0.717) is 36.6 Å². The van der Waals surface area contributed by atoms with Crippen molar-refractivity contribution in [2.75, 3.05) is 19.7 Å². The Balaban J connectivity index is 1.59. The summed E-state index contributed by atoms with van der Waals surface area (Å²) in [6.45, 7) is 1.83. The van der Waals surface area contributed by atoms with Gasteiger partial charge in [0.15, 0.2) is 0 Å². The summed E-state index contributed by atoms with van der Waals surface area (Å²) in [4.78, 5) is 14.5. The van der Waals surface area contributed by atoms with Crippen LogP contribution in [0.3, 0.4) is 0 Å². The third-order valence-electron chi connectivity index (χ3n) is 4.34. The molecule has 0 spiro atoms. The highest BCUT2D eigenvalue weighted by atomic mass is 19.1. The van der Waals surface area contributed by atoms with Crippen LogP contribution in [0.5, 0.6) is 5.75 Å². The minimum absolute atomic E-state index is 0.0522. The highest BCUT2D eigenvalue weighted by Gasteiger charge is 2.25. The summed E-state index contributed by atoms with van der Waals surface area (Å²) < 4.78 is 18.6. The van der Waals surface area contributed by atoms with Gasteiger partial charge in [0.1, 0.15) is 11.6 Å². The van der Waals surface area contributed by atoms with Gasteiger partial charge in [0.05, 0.1) is 18.2 Å². The number of hydrogen-bond donors (Lipinski definition) is 0. The minimum Gasteiger partial charge on any atom is -0.493 e. The molecule has 0 aliphatic carbocycles. The Bertz CT molecular complexity index is 783. The van der Waals surface area contributed by atoms with Crippen LogP contribution in [0.1, 0.15) is 28.8 Å². The van der Waals surface area contributed by atoms with Gasteiger partial charge in [0.25, 0.3) is 5.91 Å². The van der Waals surface area contributed by atoms with Crippen molar-refractivity contribution in [1.82, 2.24) is 4.90 Å². The Morgan fingerprint density at radius 3 is 2.84 bits per heavy atom. The lowest BCUT2D eigenvalue weighted by molar-refractivity contribution is 0.0633. The zero-order valence-electron chi connectivity index (χ0n) is 13.8. The molecular formula is C20H19FN2O2. The lowest BCUT2D eigenvalue weighted by Gasteiger charge is -2.32. The Morgan fingerprint density at radius 2 is 2.08 bits per heavy atom. The first-order valence-corrected chi connectivity index (χ1v) is 8.33. The average molecular weight is 338 g/mol. The molecule has 0 bridgehead atoms. The number of halogens is 1. The number of rotatable bonds is 4. The Kier molecular flexibility index (Phi) is 5.30. The molecular weight excluding hydrogens is 319 g/mol. The van der Waals surface area contributed by atoms with Crippen LogP contribution in [-0.2, 0) is 0 Å². The third-order valence-corrected chi connectivity index (χ3v) is 4.34. The normalized spacial score (nSPS) is 17.0. The van der Waals surface area contributed by atoms with Gasteiger partial charge in [0, 0.05) is 24.6 Å². The van der Waals surface area contributed by atoms with Gasteiger partial charge in [0.2, 0.25) is 0 Å². The molecule has 0 N–H and O–H groups in total. The molecule has 2 aromatic rings. The van der Waals surface area contributed by atoms with Crippen LogP contribution >= 0.6 is 0 Å². The Labute approximate surface area is 146 Å². The first-order chi connectivity index (χ1) is 12.2. The van der Waals surface area contributed by atoms with Gasteiger partial charge in [-0.15, -0.1) is 0 Å². The fourth-order valence-corrected chi connectivity index (χ4v) is 3.03. The molecule has 5 heteroatoms. The first kappa shape index (κ1) is 17.0. The minimum atomic E-state index is -0.290. The molecule has 1 aliphatic heterocycles. The van der Waals surface area contributed by atoms with Crippen molar-refractivity contribution in [1.29, 1.82) is 5.26 Å². The maximum Gasteiger partial charge on any atom is 0.253 e. The predicted octanol–water partition coefficient (Wildman–Crippen LogP) is 3.63. The van der Waals surface area contributed by atoms with Crippen LogP contribution in [0.4, 0.5) is 4.39 Å². The van der Waals surface area contributed by atoms with E-state index in [1.165, 1.54) is 12.1 Å². The van der Waals surface area contributed by atoms with Crippen molar-refractivity contribution in [2.45, 2.75) is 12.8 Å². The van der Waals surface area contributed by atoms with E-state index in [1.54, 1.807) is 36.4 Å². The Morgan fingerprint density at radius 1 is 1.28 bits per heavy atom. The highest BCUT2D eigenvalue weighted by Crippen LogP contribution is 2.21. The average Bonchev–Trinajstić information content (AvgIpc) is 2.67. The van der Waals surface area contributed by atoms with Crippen molar-refractivity contribution in [3.63, 3.8) is 0 Å². The van der Waals surface area contributed by atoms with E-state index >= 15 is 0 Å². The van der Waals surface area contributed by atoms with Gasteiger partial charge in [-0.1, -0.05) is 6.07 Å². The second-order valence-corrected chi connectivity index (χ2v) is 6.22.